The molecule has 2 amide bonds. The van der Waals surface area contributed by atoms with E-state index in [4.69, 9.17) is 4.74 Å². The molecule has 7 atom stereocenters. The van der Waals surface area contributed by atoms with E-state index in [-0.39, 0.29) is 28.9 Å². The average Bonchev–Trinajstić information content (AvgIpc) is 3.25. The maximum Gasteiger partial charge on any atom is 0.408 e. The largest absolute Gasteiger partial charge is 0.446 e. The lowest BCUT2D eigenvalue weighted by atomic mass is 9.47. The maximum atomic E-state index is 13.6. The standard InChI is InChI=1S/C33H42N2O3/c1-31-21-19-29(36)34-27(31)16-14-24-25-15-17-28(32(25,2)20-18-26(24)31)38-30(37)35-33(3,22-10-6-4-7-11-22)23-12-8-5-9-13-23/h4-13,24-28H,14-21H2,1-3H3,(H,34,36)(H,35,37)/t24-,25-,26-,27+,28-,31+,32-/m0/s1. The zero-order valence-corrected chi connectivity index (χ0v) is 23.0. The molecule has 2 N–H and O–H groups in total. The Morgan fingerprint density at radius 2 is 1.50 bits per heavy atom. The van der Waals surface area contributed by atoms with Gasteiger partial charge in [-0.3, -0.25) is 4.79 Å². The number of carbonyl (C=O) groups excluding carboxylic acids is 2. The first kappa shape index (κ1) is 25.5. The molecule has 4 aliphatic rings. The Kier molecular flexibility index (Phi) is 6.32. The molecule has 1 saturated heterocycles. The molecule has 2 aromatic rings. The van der Waals surface area contributed by atoms with Gasteiger partial charge in [0.2, 0.25) is 5.91 Å². The number of piperidine rings is 1. The van der Waals surface area contributed by atoms with Crippen LogP contribution in [0.3, 0.4) is 0 Å². The first-order valence-electron chi connectivity index (χ1n) is 14.6. The van der Waals surface area contributed by atoms with Crippen molar-refractivity contribution in [2.24, 2.45) is 28.6 Å². The van der Waals surface area contributed by atoms with Crippen molar-refractivity contribution in [2.45, 2.75) is 89.8 Å². The van der Waals surface area contributed by atoms with Crippen LogP contribution in [0.5, 0.6) is 0 Å². The number of amides is 2. The number of hydrogen-bond donors (Lipinski definition) is 2. The SMILES string of the molecule is CC(NC(=O)O[C@H]1CC[C@H]2[C@@H]3CC[C@H]4NC(=O)CC[C@]4(C)[C@H]3CC[C@]12C)(c1ccccc1)c1ccccc1. The van der Waals surface area contributed by atoms with Gasteiger partial charge in [0.15, 0.2) is 0 Å². The zero-order chi connectivity index (χ0) is 26.5. The summed E-state index contributed by atoms with van der Waals surface area (Å²) in [6.07, 6.45) is 7.81. The maximum absolute atomic E-state index is 13.6. The van der Waals surface area contributed by atoms with E-state index in [0.717, 1.165) is 49.7 Å². The normalized spacial score (nSPS) is 36.3. The molecule has 1 aliphatic heterocycles. The van der Waals surface area contributed by atoms with Crippen LogP contribution in [-0.2, 0) is 15.1 Å². The van der Waals surface area contributed by atoms with E-state index in [1.54, 1.807) is 0 Å². The molecular weight excluding hydrogens is 472 g/mol. The summed E-state index contributed by atoms with van der Waals surface area (Å²) >= 11 is 0. The van der Waals surface area contributed by atoms with Gasteiger partial charge in [-0.2, -0.15) is 0 Å². The fourth-order valence-electron chi connectivity index (χ4n) is 9.06. The molecule has 202 valence electrons. The first-order valence-corrected chi connectivity index (χ1v) is 14.6. The van der Waals surface area contributed by atoms with Crippen LogP contribution >= 0.6 is 0 Å². The van der Waals surface area contributed by atoms with Gasteiger partial charge in [-0.25, -0.2) is 4.79 Å². The molecule has 0 radical (unpaired) electrons. The summed E-state index contributed by atoms with van der Waals surface area (Å²) in [4.78, 5) is 25.7. The van der Waals surface area contributed by atoms with Gasteiger partial charge in [-0.1, -0.05) is 74.5 Å². The Morgan fingerprint density at radius 1 is 0.868 bits per heavy atom. The van der Waals surface area contributed by atoms with E-state index in [0.29, 0.717) is 30.2 Å². The summed E-state index contributed by atoms with van der Waals surface area (Å²) in [5.41, 5.74) is 1.58. The van der Waals surface area contributed by atoms with Crippen LogP contribution in [0.15, 0.2) is 60.7 Å². The van der Waals surface area contributed by atoms with Crippen molar-refractivity contribution in [3.05, 3.63) is 71.8 Å². The lowest BCUT2D eigenvalue weighted by Crippen LogP contribution is -2.61. The van der Waals surface area contributed by atoms with E-state index >= 15 is 0 Å². The molecule has 4 fully saturated rings. The third-order valence-corrected chi connectivity index (χ3v) is 11.3. The number of benzene rings is 2. The fourth-order valence-corrected chi connectivity index (χ4v) is 9.06. The molecule has 0 bridgehead atoms. The topological polar surface area (TPSA) is 67.4 Å². The molecule has 6 rings (SSSR count). The first-order chi connectivity index (χ1) is 18.2. The van der Waals surface area contributed by atoms with Crippen molar-refractivity contribution in [1.29, 1.82) is 0 Å². The van der Waals surface area contributed by atoms with Crippen molar-refractivity contribution in [3.63, 3.8) is 0 Å². The Hall–Kier alpha value is -2.82. The Morgan fingerprint density at radius 3 is 2.16 bits per heavy atom. The van der Waals surface area contributed by atoms with Crippen LogP contribution in [-0.4, -0.2) is 24.1 Å². The van der Waals surface area contributed by atoms with Crippen LogP contribution in [0, 0.1) is 28.6 Å². The molecule has 0 unspecified atom stereocenters. The molecule has 38 heavy (non-hydrogen) atoms. The average molecular weight is 515 g/mol. The third kappa shape index (κ3) is 4.04. The Bertz CT molecular complexity index is 1140. The van der Waals surface area contributed by atoms with E-state index in [1.165, 1.54) is 6.42 Å². The zero-order valence-electron chi connectivity index (χ0n) is 23.0. The lowest BCUT2D eigenvalue weighted by molar-refractivity contribution is -0.138. The monoisotopic (exact) mass is 514 g/mol. The second-order valence-corrected chi connectivity index (χ2v) is 13.1. The minimum absolute atomic E-state index is 0.00944. The van der Waals surface area contributed by atoms with E-state index < -0.39 is 5.54 Å². The third-order valence-electron chi connectivity index (χ3n) is 11.3. The number of carbonyl (C=O) groups is 2. The highest BCUT2D eigenvalue weighted by molar-refractivity contribution is 5.77. The molecule has 3 aliphatic carbocycles. The van der Waals surface area contributed by atoms with Crippen LogP contribution in [0.4, 0.5) is 4.79 Å². The molecule has 0 spiro atoms. The number of hydrogen-bond acceptors (Lipinski definition) is 3. The molecule has 5 nitrogen and oxygen atoms in total. The van der Waals surface area contributed by atoms with Gasteiger partial charge < -0.3 is 15.4 Å². The summed E-state index contributed by atoms with van der Waals surface area (Å²) in [6, 6.07) is 20.6. The highest BCUT2D eigenvalue weighted by Gasteiger charge is 2.61. The minimum atomic E-state index is -0.686. The molecule has 5 heteroatoms. The summed E-state index contributed by atoms with van der Waals surface area (Å²) in [5, 5.41) is 6.60. The smallest absolute Gasteiger partial charge is 0.408 e. The number of fused-ring (bicyclic) bond motifs is 5. The van der Waals surface area contributed by atoms with Crippen molar-refractivity contribution in [1.82, 2.24) is 10.6 Å². The summed E-state index contributed by atoms with van der Waals surface area (Å²) in [5.74, 6) is 2.10. The molecule has 1 heterocycles. The number of alkyl carbamates (subject to hydrolysis) is 1. The molecular formula is C33H42N2O3. The van der Waals surface area contributed by atoms with Crippen molar-refractivity contribution in [3.8, 4) is 0 Å². The van der Waals surface area contributed by atoms with Gasteiger partial charge in [0.1, 0.15) is 6.10 Å². The van der Waals surface area contributed by atoms with E-state index in [2.05, 4.69) is 55.7 Å². The molecule has 3 saturated carbocycles. The van der Waals surface area contributed by atoms with Crippen LogP contribution in [0.2, 0.25) is 0 Å². The van der Waals surface area contributed by atoms with Crippen molar-refractivity contribution in [2.75, 3.05) is 0 Å². The highest BCUT2D eigenvalue weighted by atomic mass is 16.6. The van der Waals surface area contributed by atoms with Gasteiger partial charge in [-0.05, 0) is 86.2 Å². The predicted molar refractivity (Wildman–Crippen MR) is 148 cm³/mol. The molecule has 2 aromatic carbocycles. The minimum Gasteiger partial charge on any atom is -0.446 e. The number of nitrogens with one attached hydrogen (secondary N) is 2. The summed E-state index contributed by atoms with van der Waals surface area (Å²) in [6.45, 7) is 6.87. The summed E-state index contributed by atoms with van der Waals surface area (Å²) in [7, 11) is 0. The van der Waals surface area contributed by atoms with E-state index in [9.17, 15) is 9.59 Å². The van der Waals surface area contributed by atoms with Crippen LogP contribution in [0.1, 0.15) is 83.3 Å². The Labute approximate surface area is 227 Å². The fraction of sp³-hybridized carbons (Fsp3) is 0.576. The van der Waals surface area contributed by atoms with Gasteiger partial charge in [-0.15, -0.1) is 0 Å². The van der Waals surface area contributed by atoms with Crippen LogP contribution < -0.4 is 10.6 Å². The van der Waals surface area contributed by atoms with Gasteiger partial charge in [0.25, 0.3) is 0 Å². The second kappa shape index (κ2) is 9.43. The molecule has 0 aromatic heterocycles. The van der Waals surface area contributed by atoms with Gasteiger partial charge >= 0.3 is 6.09 Å². The van der Waals surface area contributed by atoms with Crippen LogP contribution in [0.25, 0.3) is 0 Å². The van der Waals surface area contributed by atoms with Crippen molar-refractivity contribution < 1.29 is 14.3 Å². The lowest BCUT2D eigenvalue weighted by Gasteiger charge is -2.60. The Balaban J connectivity index is 1.19. The van der Waals surface area contributed by atoms with Gasteiger partial charge in [0.05, 0.1) is 5.54 Å². The second-order valence-electron chi connectivity index (χ2n) is 13.1. The van der Waals surface area contributed by atoms with E-state index in [1.807, 2.05) is 36.4 Å². The van der Waals surface area contributed by atoms with Crippen molar-refractivity contribution >= 4 is 12.0 Å². The van der Waals surface area contributed by atoms with Gasteiger partial charge in [0, 0.05) is 17.9 Å². The number of ether oxygens (including phenoxy) is 1. The number of rotatable bonds is 4. The highest BCUT2D eigenvalue weighted by Crippen LogP contribution is 2.64. The summed E-state index contributed by atoms with van der Waals surface area (Å²) < 4.78 is 6.34. The predicted octanol–water partition coefficient (Wildman–Crippen LogP) is 6.57. The quantitative estimate of drug-likeness (QED) is 0.485.